The van der Waals surface area contributed by atoms with Crippen molar-refractivity contribution in [2.75, 3.05) is 53.6 Å². The van der Waals surface area contributed by atoms with Crippen molar-refractivity contribution in [1.29, 1.82) is 0 Å². The number of hydrogen-bond donors (Lipinski definition) is 1. The first-order valence-corrected chi connectivity index (χ1v) is 9.17. The number of aliphatic hydroxyl groups is 1. The molecule has 0 aromatic carbocycles. The molecular weight excluding hydrogens is 318 g/mol. The summed E-state index contributed by atoms with van der Waals surface area (Å²) in [7, 11) is 3.76. The lowest BCUT2D eigenvalue weighted by atomic mass is 9.96. The molecule has 6 heteroatoms. The maximum atomic E-state index is 13.0. The number of amides is 1. The van der Waals surface area contributed by atoms with Crippen LogP contribution in [-0.2, 0) is 11.3 Å². The van der Waals surface area contributed by atoms with Gasteiger partial charge in [0.15, 0.2) is 0 Å². The smallest absolute Gasteiger partial charge is 0.255 e. The highest BCUT2D eigenvalue weighted by Crippen LogP contribution is 2.27. The zero-order valence-corrected chi connectivity index (χ0v) is 16.3. The van der Waals surface area contributed by atoms with Crippen LogP contribution in [0.25, 0.3) is 0 Å². The Hall–Kier alpha value is -1.37. The van der Waals surface area contributed by atoms with E-state index in [9.17, 15) is 9.90 Å². The van der Waals surface area contributed by atoms with E-state index in [4.69, 9.17) is 4.74 Å². The number of ether oxygens (including phenoxy) is 1. The minimum absolute atomic E-state index is 0.0910. The monoisotopic (exact) mass is 351 g/mol. The lowest BCUT2D eigenvalue weighted by Crippen LogP contribution is -2.33. The molecule has 1 aliphatic heterocycles. The third-order valence-electron chi connectivity index (χ3n) is 5.44. The van der Waals surface area contributed by atoms with Crippen molar-refractivity contribution in [3.8, 4) is 0 Å². The number of aryl methyl sites for hydroxylation is 1. The molecule has 1 aromatic heterocycles. The van der Waals surface area contributed by atoms with Crippen molar-refractivity contribution in [1.82, 2.24) is 14.4 Å². The molecule has 1 aliphatic rings. The number of rotatable bonds is 8. The average molecular weight is 351 g/mol. The average Bonchev–Trinajstić information content (AvgIpc) is 3.12. The maximum Gasteiger partial charge on any atom is 0.255 e. The first-order chi connectivity index (χ1) is 11.9. The van der Waals surface area contributed by atoms with Gasteiger partial charge >= 0.3 is 0 Å². The van der Waals surface area contributed by atoms with Gasteiger partial charge in [-0.3, -0.25) is 4.79 Å². The Morgan fingerprint density at radius 3 is 2.60 bits per heavy atom. The van der Waals surface area contributed by atoms with Crippen molar-refractivity contribution in [2.45, 2.75) is 27.3 Å². The molecule has 1 fully saturated rings. The quantitative estimate of drug-likeness (QED) is 0.769. The Labute approximate surface area is 151 Å². The molecule has 1 amide bonds. The van der Waals surface area contributed by atoms with E-state index < -0.39 is 0 Å². The van der Waals surface area contributed by atoms with E-state index in [0.717, 1.165) is 36.6 Å². The SMILES string of the molecule is CCn1c(C)cc(C(=O)N2C[C@@H](CN(C)CCOC)[C@@H](CO)C2)c1C. The molecule has 2 rings (SSSR count). The zero-order valence-electron chi connectivity index (χ0n) is 16.3. The van der Waals surface area contributed by atoms with Crippen LogP contribution in [0.5, 0.6) is 0 Å². The fourth-order valence-electron chi connectivity index (χ4n) is 3.93. The lowest BCUT2D eigenvalue weighted by Gasteiger charge is -2.23. The van der Waals surface area contributed by atoms with E-state index in [-0.39, 0.29) is 18.4 Å². The molecule has 1 saturated heterocycles. The Morgan fingerprint density at radius 1 is 1.36 bits per heavy atom. The summed E-state index contributed by atoms with van der Waals surface area (Å²) in [6, 6.07) is 1.99. The van der Waals surface area contributed by atoms with E-state index in [1.165, 1.54) is 0 Å². The molecule has 25 heavy (non-hydrogen) atoms. The second kappa shape index (κ2) is 8.83. The molecule has 142 valence electrons. The van der Waals surface area contributed by atoms with Crippen molar-refractivity contribution in [3.05, 3.63) is 23.0 Å². The summed E-state index contributed by atoms with van der Waals surface area (Å²) in [5, 5.41) is 9.75. The third-order valence-corrected chi connectivity index (χ3v) is 5.44. The van der Waals surface area contributed by atoms with Gasteiger partial charge in [-0.05, 0) is 39.8 Å². The largest absolute Gasteiger partial charge is 0.396 e. The number of carbonyl (C=O) groups is 1. The summed E-state index contributed by atoms with van der Waals surface area (Å²) in [5.41, 5.74) is 2.95. The normalized spacial score (nSPS) is 20.7. The van der Waals surface area contributed by atoms with Crippen molar-refractivity contribution in [2.24, 2.45) is 11.8 Å². The van der Waals surface area contributed by atoms with Crippen LogP contribution in [0.4, 0.5) is 0 Å². The van der Waals surface area contributed by atoms with Crippen LogP contribution in [0.1, 0.15) is 28.7 Å². The molecule has 0 unspecified atom stereocenters. The van der Waals surface area contributed by atoms with E-state index in [1.54, 1.807) is 7.11 Å². The molecule has 1 aromatic rings. The van der Waals surface area contributed by atoms with Crippen molar-refractivity contribution in [3.63, 3.8) is 0 Å². The van der Waals surface area contributed by atoms with Gasteiger partial charge in [0.2, 0.25) is 0 Å². The fraction of sp³-hybridized carbons (Fsp3) is 0.737. The van der Waals surface area contributed by atoms with Crippen LogP contribution < -0.4 is 0 Å². The minimum Gasteiger partial charge on any atom is -0.396 e. The molecule has 6 nitrogen and oxygen atoms in total. The van der Waals surface area contributed by atoms with E-state index in [0.29, 0.717) is 25.6 Å². The summed E-state index contributed by atoms with van der Waals surface area (Å²) >= 11 is 0. The summed E-state index contributed by atoms with van der Waals surface area (Å²) in [5.74, 6) is 0.530. The van der Waals surface area contributed by atoms with Gasteiger partial charge in [0.25, 0.3) is 5.91 Å². The number of methoxy groups -OCH3 is 1. The third kappa shape index (κ3) is 4.43. The lowest BCUT2D eigenvalue weighted by molar-refractivity contribution is 0.0778. The van der Waals surface area contributed by atoms with Crippen molar-refractivity contribution < 1.29 is 14.6 Å². The van der Waals surface area contributed by atoms with E-state index in [1.807, 2.05) is 24.8 Å². The van der Waals surface area contributed by atoms with Crippen LogP contribution in [0, 0.1) is 25.7 Å². The summed E-state index contributed by atoms with van der Waals surface area (Å²) in [6.07, 6.45) is 0. The zero-order chi connectivity index (χ0) is 18.6. The summed E-state index contributed by atoms with van der Waals surface area (Å²) in [4.78, 5) is 17.1. The predicted molar refractivity (Wildman–Crippen MR) is 98.9 cm³/mol. The predicted octanol–water partition coefficient (Wildman–Crippen LogP) is 1.38. The Balaban J connectivity index is 2.07. The molecule has 1 N–H and O–H groups in total. The van der Waals surface area contributed by atoms with Crippen LogP contribution in [0.15, 0.2) is 6.07 Å². The van der Waals surface area contributed by atoms with Gasteiger partial charge in [0.05, 0.1) is 12.2 Å². The number of likely N-dealkylation sites (N-methyl/N-ethyl adjacent to an activating group) is 1. The standard InChI is InChI=1S/C19H33N3O3/c1-6-22-14(2)9-18(15(22)3)19(24)21-11-16(17(12-21)13-23)10-20(4)7-8-25-5/h9,16-17,23H,6-8,10-13H2,1-5H3/t16-,17-/m1/s1. The van der Waals surface area contributed by atoms with Crippen LogP contribution >= 0.6 is 0 Å². The molecule has 0 spiro atoms. The number of hydrogen-bond acceptors (Lipinski definition) is 4. The number of aromatic nitrogens is 1. The Kier molecular flexibility index (Phi) is 7.04. The van der Waals surface area contributed by atoms with E-state index in [2.05, 4.69) is 23.4 Å². The number of likely N-dealkylation sites (tertiary alicyclic amines) is 1. The fourth-order valence-corrected chi connectivity index (χ4v) is 3.93. The highest BCUT2D eigenvalue weighted by atomic mass is 16.5. The maximum absolute atomic E-state index is 13.0. The van der Waals surface area contributed by atoms with Crippen LogP contribution in [0.2, 0.25) is 0 Å². The molecule has 2 heterocycles. The van der Waals surface area contributed by atoms with Crippen LogP contribution in [-0.4, -0.2) is 78.9 Å². The summed E-state index contributed by atoms with van der Waals surface area (Å²) in [6.45, 7) is 10.9. The van der Waals surface area contributed by atoms with E-state index >= 15 is 0 Å². The van der Waals surface area contributed by atoms with Gasteiger partial charge in [-0.1, -0.05) is 0 Å². The molecule has 0 bridgehead atoms. The van der Waals surface area contributed by atoms with Gasteiger partial charge in [-0.2, -0.15) is 0 Å². The first kappa shape index (κ1) is 19.9. The van der Waals surface area contributed by atoms with Crippen molar-refractivity contribution >= 4 is 5.91 Å². The van der Waals surface area contributed by atoms with Gasteiger partial charge < -0.3 is 24.2 Å². The Morgan fingerprint density at radius 2 is 2.04 bits per heavy atom. The van der Waals surface area contributed by atoms with Gasteiger partial charge in [0, 0.05) is 63.7 Å². The number of aliphatic hydroxyl groups excluding tert-OH is 1. The second-order valence-corrected chi connectivity index (χ2v) is 7.20. The second-order valence-electron chi connectivity index (χ2n) is 7.20. The first-order valence-electron chi connectivity index (χ1n) is 9.17. The molecule has 0 saturated carbocycles. The molecular formula is C19H33N3O3. The molecule has 0 radical (unpaired) electrons. The minimum atomic E-state index is 0.0910. The topological polar surface area (TPSA) is 57.9 Å². The van der Waals surface area contributed by atoms with Crippen LogP contribution in [0.3, 0.4) is 0 Å². The van der Waals surface area contributed by atoms with Gasteiger partial charge in [0.1, 0.15) is 0 Å². The number of nitrogens with zero attached hydrogens (tertiary/aromatic N) is 3. The highest BCUT2D eigenvalue weighted by molar-refractivity contribution is 5.96. The summed E-state index contributed by atoms with van der Waals surface area (Å²) < 4.78 is 7.30. The van der Waals surface area contributed by atoms with Gasteiger partial charge in [-0.25, -0.2) is 0 Å². The Bertz CT molecular complexity index is 585. The highest BCUT2D eigenvalue weighted by Gasteiger charge is 2.36. The van der Waals surface area contributed by atoms with Gasteiger partial charge in [-0.15, -0.1) is 0 Å². The number of carbonyl (C=O) groups excluding carboxylic acids is 1. The molecule has 0 aliphatic carbocycles. The molecule has 2 atom stereocenters.